The number of hydrogen-bond donors (Lipinski definition) is 1. The van der Waals surface area contributed by atoms with Gasteiger partial charge in [-0.15, -0.1) is 0 Å². The van der Waals surface area contributed by atoms with Crippen molar-refractivity contribution in [3.63, 3.8) is 0 Å². The molecule has 1 N–H and O–H groups in total. The number of methoxy groups -OCH3 is 1. The number of para-hydroxylation sites is 1. The number of rotatable bonds is 4. The van der Waals surface area contributed by atoms with Gasteiger partial charge < -0.3 is 14.5 Å². The molecule has 5 nitrogen and oxygen atoms in total. The molecule has 3 aromatic carbocycles. The molecular weight excluding hydrogens is 376 g/mol. The van der Waals surface area contributed by atoms with Gasteiger partial charge in [0.05, 0.1) is 7.11 Å². The summed E-state index contributed by atoms with van der Waals surface area (Å²) in [6, 6.07) is 23.1. The van der Waals surface area contributed by atoms with E-state index in [0.717, 1.165) is 38.9 Å². The number of H-pyrrole nitrogens is 1. The van der Waals surface area contributed by atoms with Crippen LogP contribution in [0.15, 0.2) is 84.0 Å². The van der Waals surface area contributed by atoms with E-state index in [-0.39, 0.29) is 0 Å². The fourth-order valence-corrected chi connectivity index (χ4v) is 3.91. The normalized spacial score (nSPS) is 18.3. The number of esters is 1. The molecule has 30 heavy (non-hydrogen) atoms. The second kappa shape index (κ2) is 6.88. The van der Waals surface area contributed by atoms with Crippen molar-refractivity contribution in [2.45, 2.75) is 12.5 Å². The Morgan fingerprint density at radius 2 is 1.70 bits per heavy atom. The Hall–Kier alpha value is -3.86. The van der Waals surface area contributed by atoms with E-state index in [2.05, 4.69) is 4.98 Å². The van der Waals surface area contributed by atoms with Crippen molar-refractivity contribution in [2.75, 3.05) is 7.11 Å². The molecule has 1 aliphatic rings. The molecule has 1 unspecified atom stereocenters. The van der Waals surface area contributed by atoms with Gasteiger partial charge in [0.1, 0.15) is 5.75 Å². The van der Waals surface area contributed by atoms with Crippen molar-refractivity contribution < 1.29 is 14.3 Å². The van der Waals surface area contributed by atoms with E-state index in [1.54, 1.807) is 7.11 Å². The van der Waals surface area contributed by atoms with Gasteiger partial charge in [-0.25, -0.2) is 9.79 Å². The zero-order valence-corrected chi connectivity index (χ0v) is 16.7. The number of nitrogens with zero attached hydrogens (tertiary/aromatic N) is 1. The van der Waals surface area contributed by atoms with E-state index in [9.17, 15) is 4.79 Å². The number of hydrogen-bond acceptors (Lipinski definition) is 4. The third kappa shape index (κ3) is 2.70. The zero-order valence-electron chi connectivity index (χ0n) is 16.7. The average molecular weight is 396 g/mol. The molecule has 0 fully saturated rings. The quantitative estimate of drug-likeness (QED) is 0.507. The van der Waals surface area contributed by atoms with Crippen LogP contribution < -0.4 is 4.74 Å². The lowest BCUT2D eigenvalue weighted by Gasteiger charge is -2.22. The molecule has 5 heteroatoms. The highest BCUT2D eigenvalue weighted by molar-refractivity contribution is 6.11. The first-order chi connectivity index (χ1) is 14.6. The summed E-state index contributed by atoms with van der Waals surface area (Å²) in [6.07, 6.45) is 1.85. The van der Waals surface area contributed by atoms with Gasteiger partial charge in [-0.3, -0.25) is 0 Å². The molecule has 2 heterocycles. The molecule has 0 radical (unpaired) electrons. The van der Waals surface area contributed by atoms with Gasteiger partial charge >= 0.3 is 5.97 Å². The summed E-state index contributed by atoms with van der Waals surface area (Å²) >= 11 is 0. The van der Waals surface area contributed by atoms with Gasteiger partial charge in [-0.1, -0.05) is 48.0 Å². The van der Waals surface area contributed by atoms with Gasteiger partial charge in [0.15, 0.2) is 0 Å². The van der Waals surface area contributed by atoms with Crippen molar-refractivity contribution in [2.24, 2.45) is 4.99 Å². The van der Waals surface area contributed by atoms with E-state index in [1.807, 2.05) is 85.9 Å². The van der Waals surface area contributed by atoms with E-state index in [4.69, 9.17) is 14.5 Å². The van der Waals surface area contributed by atoms with Gasteiger partial charge in [0.25, 0.3) is 0 Å². The van der Waals surface area contributed by atoms with Crippen molar-refractivity contribution in [1.82, 2.24) is 4.98 Å². The minimum Gasteiger partial charge on any atom is -0.497 e. The largest absolute Gasteiger partial charge is 0.497 e. The third-order valence-corrected chi connectivity index (χ3v) is 5.54. The molecule has 0 saturated heterocycles. The maximum atomic E-state index is 13.5. The van der Waals surface area contributed by atoms with E-state index in [0.29, 0.717) is 5.90 Å². The van der Waals surface area contributed by atoms with Crippen LogP contribution in [0.3, 0.4) is 0 Å². The lowest BCUT2D eigenvalue weighted by atomic mass is 9.83. The maximum absolute atomic E-state index is 13.5. The number of nitrogens with one attached hydrogen (secondary N) is 1. The van der Waals surface area contributed by atoms with Crippen LogP contribution in [-0.2, 0) is 15.1 Å². The first-order valence-corrected chi connectivity index (χ1v) is 9.72. The van der Waals surface area contributed by atoms with Gasteiger partial charge in [0, 0.05) is 28.2 Å². The smallest absolute Gasteiger partial charge is 0.350 e. The Kier molecular flexibility index (Phi) is 4.17. The zero-order chi connectivity index (χ0) is 20.7. The fraction of sp³-hybridized carbons (Fsp3) is 0.120. The fourth-order valence-electron chi connectivity index (χ4n) is 3.91. The summed E-state index contributed by atoms with van der Waals surface area (Å²) in [5.74, 6) is 0.612. The van der Waals surface area contributed by atoms with Crippen LogP contribution in [0, 0.1) is 6.92 Å². The predicted octanol–water partition coefficient (Wildman–Crippen LogP) is 4.73. The Balaban J connectivity index is 1.74. The van der Waals surface area contributed by atoms with Crippen LogP contribution in [-0.4, -0.2) is 24.0 Å². The number of aromatic amines is 1. The molecule has 4 aromatic rings. The monoisotopic (exact) mass is 396 g/mol. The minimum atomic E-state index is -1.28. The number of aliphatic imine (C=N–C) groups is 1. The van der Waals surface area contributed by atoms with Crippen LogP contribution in [0.5, 0.6) is 5.75 Å². The summed E-state index contributed by atoms with van der Waals surface area (Å²) in [6.45, 7) is 2.02. The molecule has 0 aliphatic carbocycles. The predicted molar refractivity (Wildman–Crippen MR) is 116 cm³/mol. The summed E-state index contributed by atoms with van der Waals surface area (Å²) in [4.78, 5) is 21.6. The number of benzene rings is 3. The number of aryl methyl sites for hydroxylation is 1. The van der Waals surface area contributed by atoms with Crippen molar-refractivity contribution in [1.29, 1.82) is 0 Å². The number of fused-ring (bicyclic) bond motifs is 1. The SMILES string of the molecule is COc1ccc(C2=NC(c3ccc(C)cc3)(c3c[nH]c4ccccc34)C(=O)O2)cc1. The molecule has 0 bridgehead atoms. The van der Waals surface area contributed by atoms with Crippen molar-refractivity contribution >= 4 is 22.8 Å². The topological polar surface area (TPSA) is 63.7 Å². The second-order valence-electron chi connectivity index (χ2n) is 7.36. The highest BCUT2D eigenvalue weighted by atomic mass is 16.6. The van der Waals surface area contributed by atoms with Crippen LogP contribution in [0.4, 0.5) is 0 Å². The Morgan fingerprint density at radius 3 is 2.43 bits per heavy atom. The average Bonchev–Trinajstić information content (AvgIpc) is 3.36. The standard InChI is InChI=1S/C25H20N2O3/c1-16-7-11-18(12-8-16)25(21-15-26-22-6-4-3-5-20(21)22)24(28)30-23(27-25)17-9-13-19(29-2)14-10-17/h3-15,26H,1-2H3. The Morgan fingerprint density at radius 1 is 0.967 bits per heavy atom. The Labute approximate surface area is 174 Å². The first kappa shape index (κ1) is 18.2. The van der Waals surface area contributed by atoms with Crippen LogP contribution in [0.2, 0.25) is 0 Å². The number of cyclic esters (lactones) is 1. The molecule has 5 rings (SSSR count). The number of carbonyl (C=O) groups is 1. The number of carbonyl (C=O) groups excluding carboxylic acids is 1. The van der Waals surface area contributed by atoms with Crippen molar-refractivity contribution in [3.8, 4) is 5.75 Å². The lowest BCUT2D eigenvalue weighted by Crippen LogP contribution is -2.32. The summed E-state index contributed by atoms with van der Waals surface area (Å²) in [5.41, 5.74) is 3.04. The van der Waals surface area contributed by atoms with Gasteiger partial charge in [0.2, 0.25) is 11.4 Å². The highest BCUT2D eigenvalue weighted by Gasteiger charge is 2.50. The maximum Gasteiger partial charge on any atom is 0.350 e. The summed E-state index contributed by atoms with van der Waals surface area (Å²) in [5, 5.41) is 0.940. The summed E-state index contributed by atoms with van der Waals surface area (Å²) < 4.78 is 11.0. The molecule has 1 aliphatic heterocycles. The lowest BCUT2D eigenvalue weighted by molar-refractivity contribution is -0.137. The molecule has 0 saturated carbocycles. The minimum absolute atomic E-state index is 0.300. The van der Waals surface area contributed by atoms with Crippen molar-refractivity contribution in [3.05, 3.63) is 101 Å². The van der Waals surface area contributed by atoms with E-state index >= 15 is 0 Å². The second-order valence-corrected chi connectivity index (χ2v) is 7.36. The first-order valence-electron chi connectivity index (χ1n) is 9.72. The molecule has 1 aromatic heterocycles. The van der Waals surface area contributed by atoms with Crippen LogP contribution in [0.25, 0.3) is 10.9 Å². The van der Waals surface area contributed by atoms with Crippen LogP contribution in [0.1, 0.15) is 22.3 Å². The third-order valence-electron chi connectivity index (χ3n) is 5.54. The van der Waals surface area contributed by atoms with Gasteiger partial charge in [-0.05, 0) is 42.8 Å². The molecule has 0 spiro atoms. The van der Waals surface area contributed by atoms with Gasteiger partial charge in [-0.2, -0.15) is 0 Å². The number of ether oxygens (including phenoxy) is 2. The highest BCUT2D eigenvalue weighted by Crippen LogP contribution is 2.43. The molecule has 0 amide bonds. The van der Waals surface area contributed by atoms with E-state index in [1.165, 1.54) is 0 Å². The molecule has 1 atom stereocenters. The summed E-state index contributed by atoms with van der Waals surface area (Å²) in [7, 11) is 1.61. The Bertz CT molecular complexity index is 1270. The van der Waals surface area contributed by atoms with Crippen LogP contribution >= 0.6 is 0 Å². The number of aromatic nitrogens is 1. The molecular formula is C25H20N2O3. The van der Waals surface area contributed by atoms with E-state index < -0.39 is 11.5 Å². The molecule has 148 valence electrons.